The Balaban J connectivity index is 0.00000289. The third-order valence-corrected chi connectivity index (χ3v) is 4.93. The molecule has 2 unspecified atom stereocenters. The Labute approximate surface area is 115 Å². The minimum atomic E-state index is -3.24. The van der Waals surface area contributed by atoms with Crippen LogP contribution in [0.5, 0.6) is 0 Å². The van der Waals surface area contributed by atoms with Gasteiger partial charge in [-0.1, -0.05) is 19.8 Å². The summed E-state index contributed by atoms with van der Waals surface area (Å²) in [6, 6.07) is 0.0494. The van der Waals surface area contributed by atoms with Crippen molar-refractivity contribution in [1.29, 1.82) is 0 Å². The summed E-state index contributed by atoms with van der Waals surface area (Å²) in [6.45, 7) is 2.09. The minimum Gasteiger partial charge on any atom is -0.352 e. The van der Waals surface area contributed by atoms with E-state index in [0.29, 0.717) is 6.54 Å². The minimum absolute atomic E-state index is 0. The van der Waals surface area contributed by atoms with Crippen LogP contribution in [0.4, 0.5) is 0 Å². The Kier molecular flexibility index (Phi) is 7.82. The van der Waals surface area contributed by atoms with Crippen molar-refractivity contribution in [3.63, 3.8) is 0 Å². The van der Waals surface area contributed by atoms with Gasteiger partial charge in [0.05, 0.1) is 0 Å². The maximum Gasteiger partial charge on any atom is 0.235 e. The lowest BCUT2D eigenvalue weighted by atomic mass is 9.84. The second-order valence-electron chi connectivity index (χ2n) is 4.63. The van der Waals surface area contributed by atoms with E-state index in [-0.39, 0.29) is 30.1 Å². The highest BCUT2D eigenvalue weighted by Gasteiger charge is 2.26. The third-order valence-electron chi connectivity index (χ3n) is 3.35. The molecule has 0 aromatic heterocycles. The van der Waals surface area contributed by atoms with E-state index in [1.165, 1.54) is 0 Å². The van der Waals surface area contributed by atoms with Crippen molar-refractivity contribution < 1.29 is 13.2 Å². The van der Waals surface area contributed by atoms with Crippen LogP contribution in [-0.4, -0.2) is 38.4 Å². The van der Waals surface area contributed by atoms with Crippen molar-refractivity contribution in [3.8, 4) is 0 Å². The topological polar surface area (TPSA) is 89.3 Å². The Bertz CT molecular complexity index is 359. The van der Waals surface area contributed by atoms with Gasteiger partial charge in [-0.05, 0) is 25.3 Å². The predicted molar refractivity (Wildman–Crippen MR) is 74.5 cm³/mol. The SMILES string of the molecule is CCS(=O)(=O)CC(=O)NC1CCCCC1CN.Cl. The number of sulfone groups is 1. The molecule has 0 spiro atoms. The van der Waals surface area contributed by atoms with Gasteiger partial charge in [-0.15, -0.1) is 12.4 Å². The predicted octanol–water partition coefficient (Wildman–Crippen LogP) is 0.477. The molecule has 7 heteroatoms. The van der Waals surface area contributed by atoms with Gasteiger partial charge in [0.1, 0.15) is 5.75 Å². The van der Waals surface area contributed by atoms with Crippen LogP contribution in [0.25, 0.3) is 0 Å². The molecule has 0 saturated heterocycles. The number of hydrogen-bond acceptors (Lipinski definition) is 4. The Morgan fingerprint density at radius 3 is 2.50 bits per heavy atom. The molecule has 0 bridgehead atoms. The average Bonchev–Trinajstić information content (AvgIpc) is 2.29. The van der Waals surface area contributed by atoms with Gasteiger partial charge in [0.15, 0.2) is 9.84 Å². The largest absolute Gasteiger partial charge is 0.352 e. The van der Waals surface area contributed by atoms with Crippen LogP contribution in [0.2, 0.25) is 0 Å². The van der Waals surface area contributed by atoms with Crippen molar-refractivity contribution in [2.75, 3.05) is 18.1 Å². The average molecular weight is 299 g/mol. The van der Waals surface area contributed by atoms with E-state index in [1.807, 2.05) is 0 Å². The summed E-state index contributed by atoms with van der Waals surface area (Å²) in [6.07, 6.45) is 4.13. The van der Waals surface area contributed by atoms with Gasteiger partial charge in [-0.25, -0.2) is 8.42 Å². The number of nitrogens with one attached hydrogen (secondary N) is 1. The van der Waals surface area contributed by atoms with Gasteiger partial charge in [0.2, 0.25) is 5.91 Å². The number of hydrogen-bond donors (Lipinski definition) is 2. The van der Waals surface area contributed by atoms with E-state index >= 15 is 0 Å². The maximum absolute atomic E-state index is 11.6. The Morgan fingerprint density at radius 1 is 1.33 bits per heavy atom. The summed E-state index contributed by atoms with van der Waals surface area (Å²) in [5.74, 6) is -0.503. The molecular weight excluding hydrogens is 276 g/mol. The second-order valence-corrected chi connectivity index (χ2v) is 6.98. The summed E-state index contributed by atoms with van der Waals surface area (Å²) in [5, 5.41) is 2.81. The number of rotatable bonds is 5. The van der Waals surface area contributed by atoms with Gasteiger partial charge in [-0.3, -0.25) is 4.79 Å². The Morgan fingerprint density at radius 2 is 1.94 bits per heavy atom. The van der Waals surface area contributed by atoms with Crippen LogP contribution in [0, 0.1) is 5.92 Å². The molecule has 108 valence electrons. The van der Waals surface area contributed by atoms with Crippen LogP contribution in [-0.2, 0) is 14.6 Å². The molecule has 1 rings (SSSR count). The zero-order chi connectivity index (χ0) is 12.9. The first-order chi connectivity index (χ1) is 7.98. The molecule has 1 fully saturated rings. The summed E-state index contributed by atoms with van der Waals surface area (Å²) < 4.78 is 22.6. The van der Waals surface area contributed by atoms with Crippen molar-refractivity contribution >= 4 is 28.2 Å². The standard InChI is InChI=1S/C11H22N2O3S.ClH/c1-2-17(15,16)8-11(14)13-10-6-4-3-5-9(10)7-12;/h9-10H,2-8,12H2,1H3,(H,13,14);1H. The smallest absolute Gasteiger partial charge is 0.235 e. The lowest BCUT2D eigenvalue weighted by Crippen LogP contribution is -2.46. The molecule has 5 nitrogen and oxygen atoms in total. The van der Waals surface area contributed by atoms with Crippen LogP contribution in [0.1, 0.15) is 32.6 Å². The van der Waals surface area contributed by atoms with E-state index in [0.717, 1.165) is 25.7 Å². The summed E-state index contributed by atoms with van der Waals surface area (Å²) in [7, 11) is -3.24. The van der Waals surface area contributed by atoms with Crippen molar-refractivity contribution in [2.45, 2.75) is 38.6 Å². The van der Waals surface area contributed by atoms with Gasteiger partial charge < -0.3 is 11.1 Å². The van der Waals surface area contributed by atoms with E-state index in [4.69, 9.17) is 5.73 Å². The van der Waals surface area contributed by atoms with Crippen LogP contribution in [0.3, 0.4) is 0 Å². The van der Waals surface area contributed by atoms with Crippen LogP contribution >= 0.6 is 12.4 Å². The fourth-order valence-electron chi connectivity index (χ4n) is 2.23. The van der Waals surface area contributed by atoms with Crippen molar-refractivity contribution in [1.82, 2.24) is 5.32 Å². The molecule has 0 aromatic carbocycles. The van der Waals surface area contributed by atoms with E-state index < -0.39 is 21.5 Å². The summed E-state index contributed by atoms with van der Waals surface area (Å²) in [4.78, 5) is 11.6. The Hall–Kier alpha value is -0.330. The quantitative estimate of drug-likeness (QED) is 0.772. The number of nitrogens with two attached hydrogens (primary N) is 1. The lowest BCUT2D eigenvalue weighted by molar-refractivity contribution is -0.119. The first kappa shape index (κ1) is 17.7. The fourth-order valence-corrected chi connectivity index (χ4v) is 2.92. The zero-order valence-corrected chi connectivity index (χ0v) is 12.4. The zero-order valence-electron chi connectivity index (χ0n) is 10.7. The summed E-state index contributed by atoms with van der Waals surface area (Å²) in [5.41, 5.74) is 5.65. The molecule has 1 saturated carbocycles. The molecule has 0 heterocycles. The number of carbonyl (C=O) groups is 1. The van der Waals surface area contributed by atoms with Crippen molar-refractivity contribution in [3.05, 3.63) is 0 Å². The monoisotopic (exact) mass is 298 g/mol. The maximum atomic E-state index is 11.6. The molecule has 1 amide bonds. The summed E-state index contributed by atoms with van der Waals surface area (Å²) >= 11 is 0. The molecule has 0 aliphatic heterocycles. The molecular formula is C11H23ClN2O3S. The number of carbonyl (C=O) groups excluding carboxylic acids is 1. The van der Waals surface area contributed by atoms with E-state index in [2.05, 4.69) is 5.32 Å². The fraction of sp³-hybridized carbons (Fsp3) is 0.909. The molecule has 2 atom stereocenters. The van der Waals surface area contributed by atoms with Gasteiger partial charge >= 0.3 is 0 Å². The molecule has 0 aromatic rings. The molecule has 0 radical (unpaired) electrons. The van der Waals surface area contributed by atoms with Crippen LogP contribution in [0.15, 0.2) is 0 Å². The first-order valence-corrected chi connectivity index (χ1v) is 8.00. The first-order valence-electron chi connectivity index (χ1n) is 6.18. The van der Waals surface area contributed by atoms with Gasteiger partial charge in [-0.2, -0.15) is 0 Å². The molecule has 1 aliphatic rings. The van der Waals surface area contributed by atoms with E-state index in [9.17, 15) is 13.2 Å². The third kappa shape index (κ3) is 5.54. The molecule has 3 N–H and O–H groups in total. The highest BCUT2D eigenvalue weighted by atomic mass is 35.5. The van der Waals surface area contributed by atoms with Gasteiger partial charge in [0.25, 0.3) is 0 Å². The highest BCUT2D eigenvalue weighted by Crippen LogP contribution is 2.23. The normalized spacial score (nSPS) is 24.1. The number of halogens is 1. The lowest BCUT2D eigenvalue weighted by Gasteiger charge is -2.31. The second kappa shape index (κ2) is 7.96. The van der Waals surface area contributed by atoms with Crippen LogP contribution < -0.4 is 11.1 Å². The molecule has 1 aliphatic carbocycles. The number of amides is 1. The highest BCUT2D eigenvalue weighted by molar-refractivity contribution is 7.92. The van der Waals surface area contributed by atoms with Gasteiger partial charge in [0, 0.05) is 11.8 Å². The van der Waals surface area contributed by atoms with Crippen molar-refractivity contribution in [2.24, 2.45) is 11.7 Å². The van der Waals surface area contributed by atoms with E-state index in [1.54, 1.807) is 6.92 Å². The molecule has 18 heavy (non-hydrogen) atoms.